The SMILES string of the molecule is CCCCNc1nc(Nc2ccc(CC(=O)NCCOCCOCCN)cc2)nc(N2CCCCC2)n1. The van der Waals surface area contributed by atoms with Gasteiger partial charge in [-0.3, -0.25) is 4.79 Å². The van der Waals surface area contributed by atoms with Crippen molar-refractivity contribution >= 4 is 29.4 Å². The van der Waals surface area contributed by atoms with Crippen LogP contribution < -0.4 is 26.6 Å². The molecule has 37 heavy (non-hydrogen) atoms. The molecule has 1 aromatic heterocycles. The highest BCUT2D eigenvalue weighted by Gasteiger charge is 2.16. The minimum absolute atomic E-state index is 0.0462. The molecule has 0 spiro atoms. The van der Waals surface area contributed by atoms with Gasteiger partial charge in [-0.25, -0.2) is 0 Å². The van der Waals surface area contributed by atoms with Crippen molar-refractivity contribution in [2.75, 3.05) is 74.7 Å². The molecular formula is C26H42N8O3. The van der Waals surface area contributed by atoms with E-state index in [2.05, 4.69) is 42.7 Å². The summed E-state index contributed by atoms with van der Waals surface area (Å²) in [6, 6.07) is 7.73. The van der Waals surface area contributed by atoms with Crippen LogP contribution in [0.25, 0.3) is 0 Å². The molecule has 0 aliphatic carbocycles. The number of nitrogens with zero attached hydrogens (tertiary/aromatic N) is 4. The molecule has 1 amide bonds. The fourth-order valence-corrected chi connectivity index (χ4v) is 3.86. The molecule has 0 saturated carbocycles. The topological polar surface area (TPSA) is 140 Å². The molecule has 11 nitrogen and oxygen atoms in total. The van der Waals surface area contributed by atoms with E-state index in [0.717, 1.165) is 56.6 Å². The second kappa shape index (κ2) is 16.7. The number of rotatable bonds is 17. The van der Waals surface area contributed by atoms with Crippen molar-refractivity contribution in [2.45, 2.75) is 45.4 Å². The minimum atomic E-state index is -0.0462. The van der Waals surface area contributed by atoms with E-state index in [-0.39, 0.29) is 5.91 Å². The Labute approximate surface area is 219 Å². The van der Waals surface area contributed by atoms with Gasteiger partial charge in [-0.2, -0.15) is 15.0 Å². The lowest BCUT2D eigenvalue weighted by molar-refractivity contribution is -0.120. The molecule has 0 radical (unpaired) electrons. The molecule has 204 valence electrons. The van der Waals surface area contributed by atoms with Crippen molar-refractivity contribution in [1.82, 2.24) is 20.3 Å². The van der Waals surface area contributed by atoms with Crippen LogP contribution in [0, 0.1) is 0 Å². The van der Waals surface area contributed by atoms with E-state index in [1.165, 1.54) is 6.42 Å². The highest BCUT2D eigenvalue weighted by molar-refractivity contribution is 5.78. The predicted molar refractivity (Wildman–Crippen MR) is 146 cm³/mol. The number of carbonyl (C=O) groups is 1. The zero-order valence-corrected chi connectivity index (χ0v) is 22.0. The maximum absolute atomic E-state index is 12.2. The Bertz CT molecular complexity index is 923. The van der Waals surface area contributed by atoms with Crippen molar-refractivity contribution < 1.29 is 14.3 Å². The van der Waals surface area contributed by atoms with Crippen molar-refractivity contribution in [3.05, 3.63) is 29.8 Å². The van der Waals surface area contributed by atoms with Gasteiger partial charge in [0, 0.05) is 38.4 Å². The Morgan fingerprint density at radius 1 is 0.946 bits per heavy atom. The summed E-state index contributed by atoms with van der Waals surface area (Å²) in [6.07, 6.45) is 6.01. The Morgan fingerprint density at radius 3 is 2.41 bits per heavy atom. The van der Waals surface area contributed by atoms with Crippen LogP contribution in [-0.2, 0) is 20.7 Å². The Balaban J connectivity index is 1.49. The van der Waals surface area contributed by atoms with E-state index >= 15 is 0 Å². The van der Waals surface area contributed by atoms with E-state index < -0.39 is 0 Å². The number of nitrogens with two attached hydrogens (primary N) is 1. The maximum Gasteiger partial charge on any atom is 0.233 e. The van der Waals surface area contributed by atoms with E-state index in [0.29, 0.717) is 63.8 Å². The summed E-state index contributed by atoms with van der Waals surface area (Å²) in [5, 5.41) is 9.50. The van der Waals surface area contributed by atoms with E-state index in [4.69, 9.17) is 15.2 Å². The second-order valence-corrected chi connectivity index (χ2v) is 8.97. The Hall–Kier alpha value is -3.02. The van der Waals surface area contributed by atoms with Crippen LogP contribution in [0.15, 0.2) is 24.3 Å². The lowest BCUT2D eigenvalue weighted by Gasteiger charge is -2.27. The third kappa shape index (κ3) is 10.9. The van der Waals surface area contributed by atoms with Crippen LogP contribution >= 0.6 is 0 Å². The van der Waals surface area contributed by atoms with Crippen LogP contribution in [0.4, 0.5) is 23.5 Å². The van der Waals surface area contributed by atoms with Gasteiger partial charge in [-0.1, -0.05) is 25.5 Å². The van der Waals surface area contributed by atoms with Crippen LogP contribution in [0.3, 0.4) is 0 Å². The van der Waals surface area contributed by atoms with Gasteiger partial charge in [-0.05, 0) is 43.4 Å². The summed E-state index contributed by atoms with van der Waals surface area (Å²) in [4.78, 5) is 28.4. The highest BCUT2D eigenvalue weighted by atomic mass is 16.5. The molecule has 1 aliphatic heterocycles. The smallest absolute Gasteiger partial charge is 0.233 e. The molecule has 1 aromatic carbocycles. The zero-order chi connectivity index (χ0) is 26.1. The monoisotopic (exact) mass is 514 g/mol. The van der Waals surface area contributed by atoms with Gasteiger partial charge >= 0.3 is 0 Å². The fraction of sp³-hybridized carbons (Fsp3) is 0.615. The number of carbonyl (C=O) groups excluding carboxylic acids is 1. The summed E-state index contributed by atoms with van der Waals surface area (Å²) >= 11 is 0. The molecular weight excluding hydrogens is 472 g/mol. The van der Waals surface area contributed by atoms with E-state index in [1.54, 1.807) is 0 Å². The van der Waals surface area contributed by atoms with Crippen molar-refractivity contribution in [2.24, 2.45) is 5.73 Å². The summed E-state index contributed by atoms with van der Waals surface area (Å²) in [7, 11) is 0. The van der Waals surface area contributed by atoms with Crippen LogP contribution in [0.5, 0.6) is 0 Å². The van der Waals surface area contributed by atoms with Gasteiger partial charge in [-0.15, -0.1) is 0 Å². The molecule has 0 bridgehead atoms. The van der Waals surface area contributed by atoms with Crippen molar-refractivity contribution in [3.8, 4) is 0 Å². The summed E-state index contributed by atoms with van der Waals surface area (Å²) < 4.78 is 10.7. The predicted octanol–water partition coefficient (Wildman–Crippen LogP) is 2.47. The number of hydrogen-bond acceptors (Lipinski definition) is 10. The van der Waals surface area contributed by atoms with Crippen molar-refractivity contribution in [3.63, 3.8) is 0 Å². The molecule has 0 unspecified atom stereocenters. The molecule has 11 heteroatoms. The Kier molecular flexibility index (Phi) is 12.9. The summed E-state index contributed by atoms with van der Waals surface area (Å²) in [5.74, 6) is 1.76. The molecule has 3 rings (SSSR count). The lowest BCUT2D eigenvalue weighted by Crippen LogP contribution is -2.31. The van der Waals surface area contributed by atoms with E-state index in [1.807, 2.05) is 24.3 Å². The third-order valence-electron chi connectivity index (χ3n) is 5.85. The number of nitrogens with one attached hydrogen (secondary N) is 3. The first-order valence-corrected chi connectivity index (χ1v) is 13.4. The number of benzene rings is 1. The summed E-state index contributed by atoms with van der Waals surface area (Å²) in [6.45, 7) is 7.84. The second-order valence-electron chi connectivity index (χ2n) is 8.97. The number of anilines is 4. The first-order chi connectivity index (χ1) is 18.2. The largest absolute Gasteiger partial charge is 0.378 e. The number of ether oxygens (including phenoxy) is 2. The van der Waals surface area contributed by atoms with Crippen LogP contribution in [0.2, 0.25) is 0 Å². The molecule has 1 saturated heterocycles. The van der Waals surface area contributed by atoms with Gasteiger partial charge in [0.1, 0.15) is 0 Å². The van der Waals surface area contributed by atoms with Crippen LogP contribution in [-0.4, -0.2) is 80.0 Å². The number of aromatic nitrogens is 3. The number of piperidine rings is 1. The molecule has 1 aliphatic rings. The quantitative estimate of drug-likeness (QED) is 0.233. The standard InChI is InChI=1S/C26H42N8O3/c1-2-3-12-29-24-31-25(33-26(32-24)34-14-5-4-6-15-34)30-22-9-7-21(8-10-22)20-23(35)28-13-17-37-19-18-36-16-11-27/h7-10H,2-6,11-20,27H2,1H3,(H,28,35)(H2,29,30,31,32,33). The third-order valence-corrected chi connectivity index (χ3v) is 5.85. The molecule has 0 atom stereocenters. The number of amides is 1. The molecule has 2 heterocycles. The number of unbranched alkanes of at least 4 members (excludes halogenated alkanes) is 1. The van der Waals surface area contributed by atoms with Crippen LogP contribution in [0.1, 0.15) is 44.6 Å². The van der Waals surface area contributed by atoms with Gasteiger partial charge < -0.3 is 36.1 Å². The van der Waals surface area contributed by atoms with E-state index in [9.17, 15) is 4.79 Å². The molecule has 2 aromatic rings. The lowest BCUT2D eigenvalue weighted by atomic mass is 10.1. The van der Waals surface area contributed by atoms with Crippen molar-refractivity contribution in [1.29, 1.82) is 0 Å². The summed E-state index contributed by atoms with van der Waals surface area (Å²) in [5.41, 5.74) is 7.13. The Morgan fingerprint density at radius 2 is 1.68 bits per heavy atom. The average molecular weight is 515 g/mol. The first kappa shape index (κ1) is 28.5. The fourth-order valence-electron chi connectivity index (χ4n) is 3.86. The normalized spacial score (nSPS) is 13.4. The first-order valence-electron chi connectivity index (χ1n) is 13.4. The van der Waals surface area contributed by atoms with Gasteiger partial charge in [0.05, 0.1) is 32.8 Å². The number of hydrogen-bond donors (Lipinski definition) is 4. The van der Waals surface area contributed by atoms with Gasteiger partial charge in [0.25, 0.3) is 0 Å². The highest BCUT2D eigenvalue weighted by Crippen LogP contribution is 2.21. The minimum Gasteiger partial charge on any atom is -0.378 e. The maximum atomic E-state index is 12.2. The zero-order valence-electron chi connectivity index (χ0n) is 22.0. The van der Waals surface area contributed by atoms with Gasteiger partial charge in [0.15, 0.2) is 0 Å². The molecule has 5 N–H and O–H groups in total. The average Bonchev–Trinajstić information content (AvgIpc) is 2.92. The van der Waals surface area contributed by atoms with Gasteiger partial charge in [0.2, 0.25) is 23.8 Å². The molecule has 1 fully saturated rings.